The molecule has 0 amide bonds. The van der Waals surface area contributed by atoms with E-state index in [4.69, 9.17) is 19.4 Å². The van der Waals surface area contributed by atoms with Gasteiger partial charge in [0.25, 0.3) is 0 Å². The van der Waals surface area contributed by atoms with Gasteiger partial charge < -0.3 is 4.42 Å². The molecule has 4 nitrogen and oxygen atoms in total. The van der Waals surface area contributed by atoms with Crippen LogP contribution in [-0.2, 0) is 0 Å². The highest BCUT2D eigenvalue weighted by Gasteiger charge is 2.22. The zero-order chi connectivity index (χ0) is 37.0. The van der Waals surface area contributed by atoms with Gasteiger partial charge in [0.2, 0.25) is 0 Å². The summed E-state index contributed by atoms with van der Waals surface area (Å²) in [5, 5.41) is 4.49. The van der Waals surface area contributed by atoms with Gasteiger partial charge in [0.15, 0.2) is 17.5 Å². The molecule has 11 rings (SSSR count). The van der Waals surface area contributed by atoms with Crippen molar-refractivity contribution in [2.24, 2.45) is 0 Å². The van der Waals surface area contributed by atoms with Gasteiger partial charge >= 0.3 is 0 Å². The van der Waals surface area contributed by atoms with Crippen LogP contribution in [0.4, 0.5) is 0 Å². The second-order valence-corrected chi connectivity index (χ2v) is 15.0. The minimum atomic E-state index is 0.589. The van der Waals surface area contributed by atoms with E-state index < -0.39 is 0 Å². The van der Waals surface area contributed by atoms with Crippen molar-refractivity contribution in [1.82, 2.24) is 15.0 Å². The van der Waals surface area contributed by atoms with Gasteiger partial charge in [-0.2, -0.15) is 0 Å². The molecule has 0 atom stereocenters. The number of aromatic nitrogens is 3. The van der Waals surface area contributed by atoms with E-state index >= 15 is 0 Å². The lowest BCUT2D eigenvalue weighted by molar-refractivity contribution is 0.669. The van der Waals surface area contributed by atoms with Crippen LogP contribution in [0.5, 0.6) is 0 Å². The van der Waals surface area contributed by atoms with E-state index in [-0.39, 0.29) is 0 Å². The molecule has 0 aliphatic rings. The van der Waals surface area contributed by atoms with Gasteiger partial charge in [-0.1, -0.05) is 152 Å². The molecule has 0 saturated heterocycles. The predicted octanol–water partition coefficient (Wildman–Crippen LogP) is 14.1. The van der Waals surface area contributed by atoms with Crippen LogP contribution in [0.3, 0.4) is 0 Å². The highest BCUT2D eigenvalue weighted by atomic mass is 32.1. The van der Waals surface area contributed by atoms with E-state index in [1.165, 1.54) is 25.7 Å². The van der Waals surface area contributed by atoms with Crippen molar-refractivity contribution in [3.8, 4) is 67.5 Å². The quantitative estimate of drug-likeness (QED) is 0.171. The Bertz CT molecular complexity index is 3230. The molecule has 8 aromatic carbocycles. The number of para-hydroxylation sites is 1. The summed E-state index contributed by atoms with van der Waals surface area (Å²) in [5.74, 6) is 1.81. The fourth-order valence-corrected chi connectivity index (χ4v) is 9.03. The summed E-state index contributed by atoms with van der Waals surface area (Å²) < 4.78 is 9.17. The Labute approximate surface area is 327 Å². The topological polar surface area (TPSA) is 51.8 Å². The van der Waals surface area contributed by atoms with Gasteiger partial charge in [-0.3, -0.25) is 0 Å². The smallest absolute Gasteiger partial charge is 0.164 e. The number of hydrogen-bond acceptors (Lipinski definition) is 5. The van der Waals surface area contributed by atoms with Crippen LogP contribution in [0.1, 0.15) is 0 Å². The van der Waals surface area contributed by atoms with E-state index in [0.29, 0.717) is 17.5 Å². The first-order valence-corrected chi connectivity index (χ1v) is 19.5. The number of furan rings is 1. The SMILES string of the molecule is c1ccc(-c2ccc(-c3nc(-c4ccccc4)nc(-c4cc(-c5cc(-c6ccccc6)cc6c5sc5ccccc56)cc5oc6ccccc6c45)n3)cc2)cc1. The number of thiophene rings is 1. The number of benzene rings is 8. The maximum absolute atomic E-state index is 6.68. The van der Waals surface area contributed by atoms with Crippen LogP contribution in [0.2, 0.25) is 0 Å². The van der Waals surface area contributed by atoms with Crippen LogP contribution in [0.25, 0.3) is 110 Å². The second kappa shape index (κ2) is 13.3. The molecular weight excluding hydrogens is 703 g/mol. The molecule has 0 radical (unpaired) electrons. The lowest BCUT2D eigenvalue weighted by Gasteiger charge is -2.13. The molecule has 0 bridgehead atoms. The fourth-order valence-electron chi connectivity index (χ4n) is 7.81. The third-order valence-corrected chi connectivity index (χ3v) is 11.8. The average molecular weight is 734 g/mol. The zero-order valence-electron chi connectivity index (χ0n) is 30.1. The molecule has 0 fully saturated rings. The Morgan fingerprint density at radius 3 is 1.57 bits per heavy atom. The molecule has 0 aliphatic heterocycles. The summed E-state index contributed by atoms with van der Waals surface area (Å²) in [4.78, 5) is 15.6. The Morgan fingerprint density at radius 1 is 0.339 bits per heavy atom. The predicted molar refractivity (Wildman–Crippen MR) is 233 cm³/mol. The van der Waals surface area contributed by atoms with Gasteiger partial charge in [-0.25, -0.2) is 15.0 Å². The summed E-state index contributed by atoms with van der Waals surface area (Å²) in [6.07, 6.45) is 0. The van der Waals surface area contributed by atoms with E-state index in [1.54, 1.807) is 0 Å². The molecule has 0 saturated carbocycles. The van der Waals surface area contributed by atoms with Crippen molar-refractivity contribution in [1.29, 1.82) is 0 Å². The molecule has 3 heterocycles. The minimum absolute atomic E-state index is 0.589. The Kier molecular flexibility index (Phi) is 7.64. The minimum Gasteiger partial charge on any atom is -0.456 e. The maximum atomic E-state index is 6.68. The Morgan fingerprint density at radius 2 is 0.857 bits per heavy atom. The van der Waals surface area contributed by atoms with E-state index in [9.17, 15) is 0 Å². The lowest BCUT2D eigenvalue weighted by Crippen LogP contribution is -2.00. The first-order chi connectivity index (χ1) is 27.7. The van der Waals surface area contributed by atoms with E-state index in [2.05, 4.69) is 140 Å². The lowest BCUT2D eigenvalue weighted by atomic mass is 9.93. The monoisotopic (exact) mass is 733 g/mol. The number of rotatable bonds is 6. The average Bonchev–Trinajstić information content (AvgIpc) is 3.85. The maximum Gasteiger partial charge on any atom is 0.164 e. The standard InChI is InChI=1S/C51H31N3OS/c1-4-14-32(15-5-1)34-24-26-36(27-25-34)50-52-49(35-18-8-3-9-19-35)53-51(54-50)43-30-38(31-45-47(43)40-21-10-12-22-44(40)55-45)41-28-37(33-16-6-2-7-17-33)29-42-39-20-11-13-23-46(39)56-48(41)42/h1-31H. The van der Waals surface area contributed by atoms with Crippen molar-refractivity contribution in [3.63, 3.8) is 0 Å². The molecule has 0 aliphatic carbocycles. The number of fused-ring (bicyclic) bond motifs is 6. The van der Waals surface area contributed by atoms with Crippen LogP contribution in [0, 0.1) is 0 Å². The third kappa shape index (κ3) is 5.56. The van der Waals surface area contributed by atoms with Crippen LogP contribution in [-0.4, -0.2) is 15.0 Å². The Hall–Kier alpha value is -7.21. The first kappa shape index (κ1) is 32.2. The molecule has 56 heavy (non-hydrogen) atoms. The molecule has 0 spiro atoms. The van der Waals surface area contributed by atoms with Crippen molar-refractivity contribution >= 4 is 53.4 Å². The van der Waals surface area contributed by atoms with Crippen molar-refractivity contribution in [2.75, 3.05) is 0 Å². The fraction of sp³-hybridized carbons (Fsp3) is 0. The van der Waals surface area contributed by atoms with Crippen LogP contribution < -0.4 is 0 Å². The van der Waals surface area contributed by atoms with E-state index in [1.807, 2.05) is 59.9 Å². The molecule has 11 aromatic rings. The summed E-state index contributed by atoms with van der Waals surface area (Å²) in [6, 6.07) is 65.6. The normalized spacial score (nSPS) is 11.6. The van der Waals surface area contributed by atoms with Gasteiger partial charge in [-0.15, -0.1) is 11.3 Å². The van der Waals surface area contributed by atoms with Gasteiger partial charge in [-0.05, 0) is 64.2 Å². The van der Waals surface area contributed by atoms with Gasteiger partial charge in [0, 0.05) is 53.2 Å². The van der Waals surface area contributed by atoms with Crippen molar-refractivity contribution < 1.29 is 4.42 Å². The van der Waals surface area contributed by atoms with Crippen LogP contribution >= 0.6 is 11.3 Å². The van der Waals surface area contributed by atoms with Crippen molar-refractivity contribution in [2.45, 2.75) is 0 Å². The highest BCUT2D eigenvalue weighted by molar-refractivity contribution is 7.26. The summed E-state index contributed by atoms with van der Waals surface area (Å²) >= 11 is 1.83. The van der Waals surface area contributed by atoms with Crippen molar-refractivity contribution in [3.05, 3.63) is 188 Å². The molecule has 3 aromatic heterocycles. The number of hydrogen-bond donors (Lipinski definition) is 0. The van der Waals surface area contributed by atoms with Gasteiger partial charge in [0.05, 0.1) is 0 Å². The van der Waals surface area contributed by atoms with Gasteiger partial charge in [0.1, 0.15) is 11.2 Å². The largest absolute Gasteiger partial charge is 0.456 e. The summed E-state index contributed by atoms with van der Waals surface area (Å²) in [6.45, 7) is 0. The molecular formula is C51H31N3OS. The Balaban J connectivity index is 1.18. The molecule has 262 valence electrons. The molecule has 0 unspecified atom stereocenters. The van der Waals surface area contributed by atoms with Crippen LogP contribution in [0.15, 0.2) is 192 Å². The van der Waals surface area contributed by atoms with E-state index in [0.717, 1.165) is 66.4 Å². The third-order valence-electron chi connectivity index (χ3n) is 10.5. The molecule has 0 N–H and O–H groups in total. The highest BCUT2D eigenvalue weighted by Crippen LogP contribution is 2.46. The first-order valence-electron chi connectivity index (χ1n) is 18.7. The zero-order valence-corrected chi connectivity index (χ0v) is 30.9. The summed E-state index contributed by atoms with van der Waals surface area (Å²) in [5.41, 5.74) is 11.1. The molecule has 5 heteroatoms. The second-order valence-electron chi connectivity index (χ2n) is 14.0. The number of nitrogens with zero attached hydrogens (tertiary/aromatic N) is 3. The summed E-state index contributed by atoms with van der Waals surface area (Å²) in [7, 11) is 0.